The molecule has 1 saturated heterocycles. The van der Waals surface area contributed by atoms with Crippen LogP contribution in [0.1, 0.15) is 19.3 Å². The van der Waals surface area contributed by atoms with Gasteiger partial charge in [-0.05, 0) is 25.3 Å². The molecule has 0 atom stereocenters. The minimum Gasteiger partial charge on any atom is -0.495 e. The predicted octanol–water partition coefficient (Wildman–Crippen LogP) is 4.12. The molecule has 0 saturated carbocycles. The number of halogens is 3. The average Bonchev–Trinajstić information content (AvgIpc) is 2.40. The molecule has 1 fully saturated rings. The first-order valence-electron chi connectivity index (χ1n) is 6.55. The summed E-state index contributed by atoms with van der Waals surface area (Å²) in [6, 6.07) is 3.57. The van der Waals surface area contributed by atoms with Gasteiger partial charge in [0, 0.05) is 24.5 Å². The van der Waals surface area contributed by atoms with Gasteiger partial charge in [0.05, 0.1) is 28.4 Å². The van der Waals surface area contributed by atoms with Gasteiger partial charge in [-0.15, -0.1) is 0 Å². The van der Waals surface area contributed by atoms with Crippen molar-refractivity contribution in [1.82, 2.24) is 0 Å². The van der Waals surface area contributed by atoms with Crippen LogP contribution < -0.4 is 9.64 Å². The summed E-state index contributed by atoms with van der Waals surface area (Å²) < 4.78 is 5.24. The van der Waals surface area contributed by atoms with Crippen LogP contribution in [0.2, 0.25) is 10.0 Å². The molecule has 20 heavy (non-hydrogen) atoms. The minimum absolute atomic E-state index is 0.508. The highest BCUT2D eigenvalue weighted by molar-refractivity contribution is 9.09. The molecule has 0 aromatic heterocycles. The first-order valence-corrected chi connectivity index (χ1v) is 8.43. The summed E-state index contributed by atoms with van der Waals surface area (Å²) in [6.45, 7) is 1.54. The van der Waals surface area contributed by atoms with E-state index in [0.29, 0.717) is 15.8 Å². The van der Waals surface area contributed by atoms with Crippen molar-refractivity contribution in [2.24, 2.45) is 0 Å². The fourth-order valence-corrected chi connectivity index (χ4v) is 3.82. The highest BCUT2D eigenvalue weighted by Gasteiger charge is 2.32. The molecule has 2 rings (SSSR count). The standard InChI is InChI=1S/C14H18BrCl2NO2/c1-20-13-9-12(10(16)8-11(13)17)18-6-3-14(19,2-5-15)4-7-18/h8-9,19H,2-7H2,1H3. The lowest BCUT2D eigenvalue weighted by Gasteiger charge is -2.39. The van der Waals surface area contributed by atoms with Gasteiger partial charge in [-0.2, -0.15) is 0 Å². The molecule has 0 spiro atoms. The fourth-order valence-electron chi connectivity index (χ4n) is 2.51. The number of anilines is 1. The molecule has 0 amide bonds. The molecular formula is C14H18BrCl2NO2. The van der Waals surface area contributed by atoms with E-state index in [4.69, 9.17) is 27.9 Å². The van der Waals surface area contributed by atoms with Gasteiger partial charge in [-0.3, -0.25) is 0 Å². The Labute approximate surface area is 137 Å². The van der Waals surface area contributed by atoms with E-state index in [-0.39, 0.29) is 0 Å². The van der Waals surface area contributed by atoms with Crippen LogP contribution >= 0.6 is 39.1 Å². The van der Waals surface area contributed by atoms with Crippen LogP contribution in [0.5, 0.6) is 5.75 Å². The second-order valence-corrected chi connectivity index (χ2v) is 6.70. The maximum Gasteiger partial charge on any atom is 0.139 e. The minimum atomic E-state index is -0.566. The summed E-state index contributed by atoms with van der Waals surface area (Å²) in [6.07, 6.45) is 2.25. The molecule has 112 valence electrons. The maximum atomic E-state index is 10.4. The molecule has 1 aromatic carbocycles. The second-order valence-electron chi connectivity index (χ2n) is 5.09. The number of hydrogen-bond acceptors (Lipinski definition) is 3. The van der Waals surface area contributed by atoms with Gasteiger partial charge >= 0.3 is 0 Å². The van der Waals surface area contributed by atoms with Crippen molar-refractivity contribution in [2.75, 3.05) is 30.4 Å². The molecule has 0 bridgehead atoms. The Hall–Kier alpha value is -0.160. The highest BCUT2D eigenvalue weighted by Crippen LogP contribution is 2.38. The fraction of sp³-hybridized carbons (Fsp3) is 0.571. The molecule has 1 aromatic rings. The van der Waals surface area contributed by atoms with Crippen molar-refractivity contribution >= 4 is 44.8 Å². The van der Waals surface area contributed by atoms with E-state index in [2.05, 4.69) is 20.8 Å². The Balaban J connectivity index is 2.14. The van der Waals surface area contributed by atoms with Crippen molar-refractivity contribution in [3.63, 3.8) is 0 Å². The summed E-state index contributed by atoms with van der Waals surface area (Å²) in [5.74, 6) is 0.618. The number of aliphatic hydroxyl groups is 1. The largest absolute Gasteiger partial charge is 0.495 e. The zero-order chi connectivity index (χ0) is 14.8. The molecular weight excluding hydrogens is 365 g/mol. The molecule has 0 unspecified atom stereocenters. The molecule has 1 heterocycles. The predicted molar refractivity (Wildman–Crippen MR) is 87.8 cm³/mol. The lowest BCUT2D eigenvalue weighted by molar-refractivity contribution is 0.0140. The van der Waals surface area contributed by atoms with E-state index in [0.717, 1.165) is 43.4 Å². The quantitative estimate of drug-likeness (QED) is 0.795. The maximum absolute atomic E-state index is 10.4. The third kappa shape index (κ3) is 3.53. The number of benzene rings is 1. The van der Waals surface area contributed by atoms with Gasteiger partial charge in [0.25, 0.3) is 0 Å². The lowest BCUT2D eigenvalue weighted by atomic mass is 9.89. The first-order chi connectivity index (χ1) is 9.49. The Morgan fingerprint density at radius 3 is 2.50 bits per heavy atom. The van der Waals surface area contributed by atoms with Gasteiger partial charge < -0.3 is 14.7 Å². The number of rotatable bonds is 4. The van der Waals surface area contributed by atoms with E-state index < -0.39 is 5.60 Å². The Bertz CT molecular complexity index is 476. The summed E-state index contributed by atoms with van der Waals surface area (Å²) in [4.78, 5) is 2.17. The lowest BCUT2D eigenvalue weighted by Crippen LogP contribution is -2.44. The molecule has 1 N–H and O–H groups in total. The van der Waals surface area contributed by atoms with E-state index in [1.165, 1.54) is 0 Å². The monoisotopic (exact) mass is 381 g/mol. The summed E-state index contributed by atoms with van der Waals surface area (Å²) in [7, 11) is 1.59. The number of alkyl halides is 1. The zero-order valence-corrected chi connectivity index (χ0v) is 14.4. The summed E-state index contributed by atoms with van der Waals surface area (Å²) in [5, 5.41) is 12.4. The zero-order valence-electron chi connectivity index (χ0n) is 11.3. The van der Waals surface area contributed by atoms with Crippen LogP contribution in [0.15, 0.2) is 12.1 Å². The number of ether oxygens (including phenoxy) is 1. The van der Waals surface area contributed by atoms with Crippen LogP contribution in [0, 0.1) is 0 Å². The SMILES string of the molecule is COc1cc(N2CCC(O)(CCBr)CC2)c(Cl)cc1Cl. The number of hydrogen-bond donors (Lipinski definition) is 1. The van der Waals surface area contributed by atoms with Crippen LogP contribution in [0.3, 0.4) is 0 Å². The Morgan fingerprint density at radius 2 is 1.95 bits per heavy atom. The third-order valence-corrected chi connectivity index (χ3v) is 4.81. The van der Waals surface area contributed by atoms with E-state index >= 15 is 0 Å². The van der Waals surface area contributed by atoms with E-state index in [1.807, 2.05) is 6.07 Å². The highest BCUT2D eigenvalue weighted by atomic mass is 79.9. The molecule has 0 aliphatic carbocycles. The van der Waals surface area contributed by atoms with Crippen LogP contribution in [-0.4, -0.2) is 36.2 Å². The van der Waals surface area contributed by atoms with Gasteiger partial charge in [0.2, 0.25) is 0 Å². The number of piperidine rings is 1. The van der Waals surface area contributed by atoms with Crippen LogP contribution in [0.25, 0.3) is 0 Å². The van der Waals surface area contributed by atoms with Gasteiger partial charge in [0.15, 0.2) is 0 Å². The summed E-state index contributed by atoms with van der Waals surface area (Å²) >= 11 is 15.7. The number of methoxy groups -OCH3 is 1. The molecule has 1 aliphatic rings. The van der Waals surface area contributed by atoms with Crippen molar-refractivity contribution in [2.45, 2.75) is 24.9 Å². The Kier molecular flexibility index (Phi) is 5.46. The topological polar surface area (TPSA) is 32.7 Å². The van der Waals surface area contributed by atoms with E-state index in [1.54, 1.807) is 13.2 Å². The molecule has 3 nitrogen and oxygen atoms in total. The van der Waals surface area contributed by atoms with Gasteiger partial charge in [-0.1, -0.05) is 39.1 Å². The third-order valence-electron chi connectivity index (χ3n) is 3.82. The van der Waals surface area contributed by atoms with Gasteiger partial charge in [-0.25, -0.2) is 0 Å². The normalized spacial score (nSPS) is 18.1. The molecule has 1 aliphatic heterocycles. The van der Waals surface area contributed by atoms with Crippen LogP contribution in [-0.2, 0) is 0 Å². The summed E-state index contributed by atoms with van der Waals surface area (Å²) in [5.41, 5.74) is 0.344. The average molecular weight is 383 g/mol. The smallest absolute Gasteiger partial charge is 0.139 e. The van der Waals surface area contributed by atoms with Crippen molar-refractivity contribution < 1.29 is 9.84 Å². The van der Waals surface area contributed by atoms with Crippen molar-refractivity contribution in [1.29, 1.82) is 0 Å². The molecule has 6 heteroatoms. The first kappa shape index (κ1) is 16.2. The van der Waals surface area contributed by atoms with Crippen molar-refractivity contribution in [3.8, 4) is 5.75 Å². The van der Waals surface area contributed by atoms with Crippen LogP contribution in [0.4, 0.5) is 5.69 Å². The van der Waals surface area contributed by atoms with E-state index in [9.17, 15) is 5.11 Å². The second kappa shape index (κ2) is 6.73. The van der Waals surface area contributed by atoms with Crippen molar-refractivity contribution in [3.05, 3.63) is 22.2 Å². The number of nitrogens with zero attached hydrogens (tertiary/aromatic N) is 1. The van der Waals surface area contributed by atoms with Gasteiger partial charge in [0.1, 0.15) is 5.75 Å². The molecule has 0 radical (unpaired) electrons. The Morgan fingerprint density at radius 1 is 1.30 bits per heavy atom.